The molecule has 0 amide bonds. The zero-order valence-electron chi connectivity index (χ0n) is 12.4. The van der Waals surface area contributed by atoms with Crippen molar-refractivity contribution >= 4 is 11.3 Å². The fraction of sp³-hybridized carbons (Fsp3) is 0.562. The van der Waals surface area contributed by atoms with Gasteiger partial charge in [0.15, 0.2) is 0 Å². The molecule has 1 aliphatic rings. The first kappa shape index (κ1) is 13.8. The third-order valence-corrected chi connectivity index (χ3v) is 5.41. The minimum absolute atomic E-state index is 0.282. The van der Waals surface area contributed by atoms with Gasteiger partial charge in [-0.1, -0.05) is 13.3 Å². The summed E-state index contributed by atoms with van der Waals surface area (Å²) in [7, 11) is 2.03. The Balaban J connectivity index is 1.94. The van der Waals surface area contributed by atoms with Crippen LogP contribution in [0.2, 0.25) is 0 Å². The van der Waals surface area contributed by atoms with Gasteiger partial charge in [0.05, 0.1) is 11.7 Å². The van der Waals surface area contributed by atoms with Crippen molar-refractivity contribution in [3.05, 3.63) is 39.3 Å². The van der Waals surface area contributed by atoms with Crippen LogP contribution in [-0.2, 0) is 19.9 Å². The van der Waals surface area contributed by atoms with E-state index < -0.39 is 0 Å². The van der Waals surface area contributed by atoms with Crippen LogP contribution < -0.4 is 5.32 Å². The van der Waals surface area contributed by atoms with Crippen LogP contribution in [0.15, 0.2) is 18.3 Å². The van der Waals surface area contributed by atoms with Gasteiger partial charge in [-0.25, -0.2) is 0 Å². The highest BCUT2D eigenvalue weighted by atomic mass is 32.1. The quantitative estimate of drug-likeness (QED) is 0.874. The highest BCUT2D eigenvalue weighted by Crippen LogP contribution is 2.34. The van der Waals surface area contributed by atoms with Crippen molar-refractivity contribution in [1.29, 1.82) is 0 Å². The van der Waals surface area contributed by atoms with Crippen LogP contribution in [0.4, 0.5) is 0 Å². The smallest absolute Gasteiger partial charge is 0.0841 e. The molecule has 2 heterocycles. The van der Waals surface area contributed by atoms with E-state index in [9.17, 15) is 0 Å². The maximum Gasteiger partial charge on any atom is 0.0841 e. The van der Waals surface area contributed by atoms with Crippen molar-refractivity contribution in [1.82, 2.24) is 15.1 Å². The van der Waals surface area contributed by atoms with Crippen LogP contribution in [0.1, 0.15) is 53.2 Å². The topological polar surface area (TPSA) is 29.9 Å². The highest BCUT2D eigenvalue weighted by Gasteiger charge is 2.21. The molecule has 1 aliphatic carbocycles. The Morgan fingerprint density at radius 2 is 2.20 bits per heavy atom. The van der Waals surface area contributed by atoms with Crippen molar-refractivity contribution in [3.8, 4) is 0 Å². The first-order valence-corrected chi connectivity index (χ1v) is 8.44. The number of nitrogens with one attached hydrogen (secondary N) is 1. The Hall–Kier alpha value is -1.13. The second-order valence-corrected chi connectivity index (χ2v) is 6.70. The van der Waals surface area contributed by atoms with Gasteiger partial charge >= 0.3 is 0 Å². The van der Waals surface area contributed by atoms with E-state index in [1.807, 2.05) is 29.3 Å². The summed E-state index contributed by atoms with van der Waals surface area (Å²) >= 11 is 2.00. The van der Waals surface area contributed by atoms with E-state index in [1.165, 1.54) is 42.7 Å². The van der Waals surface area contributed by atoms with E-state index in [1.54, 1.807) is 10.4 Å². The molecule has 1 N–H and O–H groups in total. The minimum Gasteiger partial charge on any atom is -0.305 e. The molecule has 20 heavy (non-hydrogen) atoms. The Labute approximate surface area is 125 Å². The summed E-state index contributed by atoms with van der Waals surface area (Å²) in [4.78, 5) is 3.06. The zero-order chi connectivity index (χ0) is 13.9. The molecule has 0 aromatic carbocycles. The maximum absolute atomic E-state index is 4.32. The number of nitrogens with zero attached hydrogens (tertiary/aromatic N) is 2. The minimum atomic E-state index is 0.282. The van der Waals surface area contributed by atoms with E-state index in [4.69, 9.17) is 0 Å². The van der Waals surface area contributed by atoms with E-state index in [0.29, 0.717) is 0 Å². The normalized spacial score (nSPS) is 16.7. The molecule has 2 aromatic heterocycles. The van der Waals surface area contributed by atoms with Crippen LogP contribution in [0.3, 0.4) is 0 Å². The van der Waals surface area contributed by atoms with E-state index in [-0.39, 0.29) is 6.04 Å². The summed E-state index contributed by atoms with van der Waals surface area (Å²) < 4.78 is 1.98. The number of hydrogen-bond donors (Lipinski definition) is 1. The van der Waals surface area contributed by atoms with Gasteiger partial charge < -0.3 is 5.32 Å². The molecule has 0 fully saturated rings. The van der Waals surface area contributed by atoms with Crippen molar-refractivity contribution in [2.75, 3.05) is 6.54 Å². The van der Waals surface area contributed by atoms with E-state index in [2.05, 4.69) is 29.5 Å². The van der Waals surface area contributed by atoms with Crippen LogP contribution in [0.5, 0.6) is 0 Å². The second kappa shape index (κ2) is 6.10. The number of hydrogen-bond acceptors (Lipinski definition) is 3. The number of fused-ring (bicyclic) bond motifs is 1. The van der Waals surface area contributed by atoms with Crippen LogP contribution in [-0.4, -0.2) is 16.3 Å². The molecule has 0 bridgehead atoms. The number of rotatable bonds is 4. The van der Waals surface area contributed by atoms with E-state index in [0.717, 1.165) is 6.54 Å². The van der Waals surface area contributed by atoms with Gasteiger partial charge in [-0.15, -0.1) is 11.3 Å². The van der Waals surface area contributed by atoms with Crippen LogP contribution >= 0.6 is 11.3 Å². The molecule has 2 aromatic rings. The average Bonchev–Trinajstić information content (AvgIpc) is 2.97. The Morgan fingerprint density at radius 3 is 2.95 bits per heavy atom. The molecule has 4 heteroatoms. The molecule has 1 unspecified atom stereocenters. The van der Waals surface area contributed by atoms with Crippen molar-refractivity contribution in [2.45, 2.75) is 45.1 Å². The Kier molecular flexibility index (Phi) is 4.22. The standard InChI is InChI=1S/C16H23N3S/c1-3-17-16(13-9-10-18-19(13)2)15-11-12-7-5-4-6-8-14(12)20-15/h9-11,16-17H,3-8H2,1-2H3. The molecule has 0 spiro atoms. The summed E-state index contributed by atoms with van der Waals surface area (Å²) in [6, 6.07) is 4.84. The summed E-state index contributed by atoms with van der Waals surface area (Å²) in [5, 5.41) is 7.94. The third-order valence-electron chi connectivity index (χ3n) is 4.11. The lowest BCUT2D eigenvalue weighted by molar-refractivity contribution is 0.579. The number of aromatic nitrogens is 2. The van der Waals surface area contributed by atoms with Crippen molar-refractivity contribution in [2.24, 2.45) is 7.05 Å². The molecular formula is C16H23N3S. The lowest BCUT2D eigenvalue weighted by Crippen LogP contribution is -2.23. The van der Waals surface area contributed by atoms with E-state index >= 15 is 0 Å². The Morgan fingerprint density at radius 1 is 1.35 bits per heavy atom. The molecule has 3 nitrogen and oxygen atoms in total. The average molecular weight is 289 g/mol. The van der Waals surface area contributed by atoms with Crippen LogP contribution in [0, 0.1) is 0 Å². The van der Waals surface area contributed by atoms with Crippen LogP contribution in [0.25, 0.3) is 0 Å². The van der Waals surface area contributed by atoms with Gasteiger partial charge in [-0.3, -0.25) is 4.68 Å². The molecule has 1 atom stereocenters. The molecule has 0 aliphatic heterocycles. The molecule has 0 radical (unpaired) electrons. The zero-order valence-corrected chi connectivity index (χ0v) is 13.2. The van der Waals surface area contributed by atoms with Gasteiger partial charge in [0.25, 0.3) is 0 Å². The summed E-state index contributed by atoms with van der Waals surface area (Å²) in [6.45, 7) is 3.14. The number of aryl methyl sites for hydroxylation is 3. The lowest BCUT2D eigenvalue weighted by Gasteiger charge is -2.16. The van der Waals surface area contributed by atoms with Gasteiger partial charge in [-0.05, 0) is 49.9 Å². The van der Waals surface area contributed by atoms with Gasteiger partial charge in [0, 0.05) is 23.0 Å². The summed E-state index contributed by atoms with van der Waals surface area (Å²) in [5.74, 6) is 0. The molecule has 3 rings (SSSR count). The molecule has 0 saturated carbocycles. The Bertz CT molecular complexity index is 547. The van der Waals surface area contributed by atoms with Gasteiger partial charge in [-0.2, -0.15) is 5.10 Å². The fourth-order valence-electron chi connectivity index (χ4n) is 3.06. The fourth-order valence-corrected chi connectivity index (χ4v) is 4.40. The van der Waals surface area contributed by atoms with Crippen molar-refractivity contribution < 1.29 is 0 Å². The lowest BCUT2D eigenvalue weighted by atomic mass is 10.1. The van der Waals surface area contributed by atoms with Gasteiger partial charge in [0.2, 0.25) is 0 Å². The molecular weight excluding hydrogens is 266 g/mol. The maximum atomic E-state index is 4.32. The first-order chi connectivity index (χ1) is 9.79. The largest absolute Gasteiger partial charge is 0.305 e. The number of thiophene rings is 1. The monoisotopic (exact) mass is 289 g/mol. The SMILES string of the molecule is CCNC(c1cc2c(s1)CCCCC2)c1ccnn1C. The predicted octanol–water partition coefficient (Wildman–Crippen LogP) is 3.45. The summed E-state index contributed by atoms with van der Waals surface area (Å²) in [5.41, 5.74) is 2.84. The third kappa shape index (κ3) is 2.67. The molecule has 0 saturated heterocycles. The molecule has 108 valence electrons. The van der Waals surface area contributed by atoms with Gasteiger partial charge in [0.1, 0.15) is 0 Å². The first-order valence-electron chi connectivity index (χ1n) is 7.62. The second-order valence-electron chi connectivity index (χ2n) is 5.53. The van der Waals surface area contributed by atoms with Crippen molar-refractivity contribution in [3.63, 3.8) is 0 Å². The predicted molar refractivity (Wildman–Crippen MR) is 84.3 cm³/mol. The highest BCUT2D eigenvalue weighted by molar-refractivity contribution is 7.12. The summed E-state index contributed by atoms with van der Waals surface area (Å²) in [6.07, 6.45) is 8.50.